The molecule has 0 saturated carbocycles. The van der Waals surface area contributed by atoms with Crippen LogP contribution in [-0.2, 0) is 20.7 Å². The van der Waals surface area contributed by atoms with Crippen molar-refractivity contribution < 1.29 is 14.3 Å². The van der Waals surface area contributed by atoms with Crippen LogP contribution in [0.25, 0.3) is 0 Å². The number of hydrogen-bond acceptors (Lipinski definition) is 5. The molecule has 1 aromatic heterocycles. The zero-order valence-electron chi connectivity index (χ0n) is 9.65. The molecule has 6 heteroatoms. The van der Waals surface area contributed by atoms with Gasteiger partial charge in [-0.25, -0.2) is 0 Å². The molecule has 94 valence electrons. The zero-order chi connectivity index (χ0) is 12.3. The maximum absolute atomic E-state index is 11.6. The Balaban J connectivity index is 1.80. The summed E-state index contributed by atoms with van der Waals surface area (Å²) in [5.74, 6) is -0.214. The quantitative estimate of drug-likeness (QED) is 0.676. The number of aromatic nitrogens is 1. The highest BCUT2D eigenvalue weighted by atomic mass is 32.1. The van der Waals surface area contributed by atoms with E-state index in [1.54, 1.807) is 0 Å². The first-order valence-electron chi connectivity index (χ1n) is 5.61. The average Bonchev–Trinajstić information content (AvgIpc) is 2.87. The second-order valence-corrected chi connectivity index (χ2v) is 5.83. The third kappa shape index (κ3) is 3.62. The van der Waals surface area contributed by atoms with E-state index >= 15 is 0 Å². The molecule has 1 aliphatic rings. The SMILES string of the molecule is Cc1[nH]c(=S)sc1CC(=O)OCC1CCCO1. The van der Waals surface area contributed by atoms with Gasteiger partial charge >= 0.3 is 5.97 Å². The highest BCUT2D eigenvalue weighted by molar-refractivity contribution is 7.73. The topological polar surface area (TPSA) is 51.3 Å². The summed E-state index contributed by atoms with van der Waals surface area (Å²) in [6, 6.07) is 0. The van der Waals surface area contributed by atoms with Gasteiger partial charge in [0.05, 0.1) is 12.5 Å². The minimum atomic E-state index is -0.214. The number of ether oxygens (including phenoxy) is 2. The molecule has 0 spiro atoms. The lowest BCUT2D eigenvalue weighted by Gasteiger charge is -2.09. The number of rotatable bonds is 4. The van der Waals surface area contributed by atoms with E-state index in [9.17, 15) is 4.79 Å². The zero-order valence-corrected chi connectivity index (χ0v) is 11.3. The van der Waals surface area contributed by atoms with E-state index in [1.807, 2.05) is 6.92 Å². The van der Waals surface area contributed by atoms with E-state index in [0.29, 0.717) is 10.6 Å². The van der Waals surface area contributed by atoms with Crippen LogP contribution in [0.15, 0.2) is 0 Å². The minimum Gasteiger partial charge on any atom is -0.463 e. The van der Waals surface area contributed by atoms with Crippen molar-refractivity contribution in [2.45, 2.75) is 32.3 Å². The first-order chi connectivity index (χ1) is 8.15. The molecule has 4 nitrogen and oxygen atoms in total. The number of carbonyl (C=O) groups is 1. The summed E-state index contributed by atoms with van der Waals surface area (Å²) in [4.78, 5) is 15.6. The standard InChI is InChI=1S/C11H15NO3S2/c1-7-9(17-11(16)12-7)5-10(13)15-6-8-3-2-4-14-8/h8H,2-6H2,1H3,(H,12,16). The maximum Gasteiger partial charge on any atom is 0.311 e. The summed E-state index contributed by atoms with van der Waals surface area (Å²) in [6.45, 7) is 3.06. The number of esters is 1. The van der Waals surface area contributed by atoms with Crippen molar-refractivity contribution in [3.8, 4) is 0 Å². The van der Waals surface area contributed by atoms with Gasteiger partial charge in [0, 0.05) is 17.2 Å². The fraction of sp³-hybridized carbons (Fsp3) is 0.636. The number of carbonyl (C=O) groups excluding carboxylic acids is 1. The second-order valence-electron chi connectivity index (χ2n) is 4.06. The molecule has 0 amide bonds. The number of thiazole rings is 1. The second kappa shape index (κ2) is 5.75. The first kappa shape index (κ1) is 12.7. The summed E-state index contributed by atoms with van der Waals surface area (Å²) in [6.07, 6.45) is 2.41. The molecule has 1 N–H and O–H groups in total. The van der Waals surface area contributed by atoms with Crippen LogP contribution in [0.5, 0.6) is 0 Å². The molecule has 1 fully saturated rings. The van der Waals surface area contributed by atoms with Crippen LogP contribution in [0.3, 0.4) is 0 Å². The van der Waals surface area contributed by atoms with Gasteiger partial charge in [-0.1, -0.05) is 0 Å². The molecule has 0 aliphatic carbocycles. The van der Waals surface area contributed by atoms with Crippen LogP contribution in [0.4, 0.5) is 0 Å². The van der Waals surface area contributed by atoms with Crippen molar-refractivity contribution in [1.29, 1.82) is 0 Å². The lowest BCUT2D eigenvalue weighted by atomic mass is 10.2. The Kier molecular flexibility index (Phi) is 4.31. The molecular formula is C11H15NO3S2. The highest BCUT2D eigenvalue weighted by Gasteiger charge is 2.18. The number of aromatic amines is 1. The smallest absolute Gasteiger partial charge is 0.311 e. The van der Waals surface area contributed by atoms with Gasteiger partial charge in [-0.05, 0) is 32.0 Å². The van der Waals surface area contributed by atoms with Crippen molar-refractivity contribution in [2.24, 2.45) is 0 Å². The van der Waals surface area contributed by atoms with Gasteiger partial charge in [-0.15, -0.1) is 11.3 Å². The van der Waals surface area contributed by atoms with Crippen LogP contribution in [0.2, 0.25) is 0 Å². The Morgan fingerprint density at radius 1 is 1.71 bits per heavy atom. The predicted octanol–water partition coefficient (Wildman–Crippen LogP) is 2.38. The molecule has 2 rings (SSSR count). The van der Waals surface area contributed by atoms with Gasteiger partial charge < -0.3 is 14.5 Å². The lowest BCUT2D eigenvalue weighted by Crippen LogP contribution is -2.18. The molecule has 1 aliphatic heterocycles. The average molecular weight is 273 g/mol. The molecule has 1 unspecified atom stereocenters. The van der Waals surface area contributed by atoms with Gasteiger partial charge in [0.2, 0.25) is 0 Å². The number of H-pyrrole nitrogens is 1. The minimum absolute atomic E-state index is 0.0875. The van der Waals surface area contributed by atoms with Crippen molar-refractivity contribution in [3.63, 3.8) is 0 Å². The predicted molar refractivity (Wildman–Crippen MR) is 67.9 cm³/mol. The largest absolute Gasteiger partial charge is 0.463 e. The van der Waals surface area contributed by atoms with Crippen LogP contribution in [-0.4, -0.2) is 30.3 Å². The van der Waals surface area contributed by atoms with E-state index < -0.39 is 0 Å². The fourth-order valence-electron chi connectivity index (χ4n) is 1.75. The molecule has 1 atom stereocenters. The van der Waals surface area contributed by atoms with E-state index in [2.05, 4.69) is 4.98 Å². The molecule has 0 aromatic carbocycles. The Morgan fingerprint density at radius 2 is 2.53 bits per heavy atom. The monoisotopic (exact) mass is 273 g/mol. The maximum atomic E-state index is 11.6. The Morgan fingerprint density at radius 3 is 3.12 bits per heavy atom. The van der Waals surface area contributed by atoms with E-state index in [0.717, 1.165) is 30.0 Å². The van der Waals surface area contributed by atoms with Crippen LogP contribution >= 0.6 is 23.6 Å². The summed E-state index contributed by atoms with van der Waals surface area (Å²) in [5, 5.41) is 0. The molecule has 2 heterocycles. The van der Waals surface area contributed by atoms with Gasteiger partial charge in [0.1, 0.15) is 6.61 Å². The summed E-state index contributed by atoms with van der Waals surface area (Å²) in [5.41, 5.74) is 0.953. The molecule has 0 bridgehead atoms. The van der Waals surface area contributed by atoms with Crippen molar-refractivity contribution in [3.05, 3.63) is 14.5 Å². The van der Waals surface area contributed by atoms with Gasteiger partial charge in [0.15, 0.2) is 3.95 Å². The Bertz CT molecular complexity index is 446. The normalized spacial score (nSPS) is 19.5. The van der Waals surface area contributed by atoms with Gasteiger partial charge in [-0.3, -0.25) is 4.79 Å². The summed E-state index contributed by atoms with van der Waals surface area (Å²) >= 11 is 6.44. The Labute approximate surface area is 109 Å². The summed E-state index contributed by atoms with van der Waals surface area (Å²) in [7, 11) is 0. The van der Waals surface area contributed by atoms with Crippen LogP contribution < -0.4 is 0 Å². The first-order valence-corrected chi connectivity index (χ1v) is 6.83. The highest BCUT2D eigenvalue weighted by Crippen LogP contribution is 2.16. The lowest BCUT2D eigenvalue weighted by molar-refractivity contribution is -0.146. The van der Waals surface area contributed by atoms with Crippen LogP contribution in [0.1, 0.15) is 23.4 Å². The van der Waals surface area contributed by atoms with Crippen LogP contribution in [0, 0.1) is 10.9 Å². The fourth-order valence-corrected chi connectivity index (χ4v) is 3.03. The van der Waals surface area contributed by atoms with Gasteiger partial charge in [-0.2, -0.15) is 0 Å². The molecule has 0 radical (unpaired) electrons. The Hall–Kier alpha value is -0.720. The van der Waals surface area contributed by atoms with Crippen molar-refractivity contribution in [2.75, 3.05) is 13.2 Å². The van der Waals surface area contributed by atoms with Crippen molar-refractivity contribution in [1.82, 2.24) is 4.98 Å². The third-order valence-electron chi connectivity index (χ3n) is 2.68. The number of nitrogens with one attached hydrogen (secondary N) is 1. The molecule has 1 saturated heterocycles. The van der Waals surface area contributed by atoms with Crippen molar-refractivity contribution >= 4 is 29.5 Å². The van der Waals surface area contributed by atoms with E-state index in [4.69, 9.17) is 21.7 Å². The number of hydrogen-bond donors (Lipinski definition) is 1. The van der Waals surface area contributed by atoms with E-state index in [1.165, 1.54) is 11.3 Å². The molecule has 1 aromatic rings. The molecular weight excluding hydrogens is 258 g/mol. The third-order valence-corrected chi connectivity index (χ3v) is 4.02. The molecule has 17 heavy (non-hydrogen) atoms. The number of aryl methyl sites for hydroxylation is 1. The summed E-state index contributed by atoms with van der Waals surface area (Å²) < 4.78 is 11.3. The van der Waals surface area contributed by atoms with Gasteiger partial charge in [0.25, 0.3) is 0 Å². The van der Waals surface area contributed by atoms with E-state index in [-0.39, 0.29) is 18.5 Å².